The number of furan rings is 1. The van der Waals surface area contributed by atoms with Gasteiger partial charge in [0.1, 0.15) is 5.76 Å². The van der Waals surface area contributed by atoms with Gasteiger partial charge in [-0.1, -0.05) is 41.9 Å². The topological polar surface area (TPSA) is 39.2 Å². The lowest BCUT2D eigenvalue weighted by Gasteiger charge is -2.14. The Labute approximate surface area is 116 Å². The van der Waals surface area contributed by atoms with Crippen LogP contribution in [-0.4, -0.2) is 0 Å². The first kappa shape index (κ1) is 12.3. The van der Waals surface area contributed by atoms with Crippen molar-refractivity contribution in [3.05, 3.63) is 70.6 Å². The fourth-order valence-electron chi connectivity index (χ4n) is 2.40. The third kappa shape index (κ3) is 2.03. The summed E-state index contributed by atoms with van der Waals surface area (Å²) in [5.41, 5.74) is 8.43. The predicted octanol–water partition coefficient (Wildman–Crippen LogP) is 4.44. The maximum atomic E-state index is 6.34. The number of aryl methyl sites for hydroxylation is 1. The molecule has 1 aromatic heterocycles. The summed E-state index contributed by atoms with van der Waals surface area (Å²) in [4.78, 5) is 0. The predicted molar refractivity (Wildman–Crippen MR) is 78.4 cm³/mol. The van der Waals surface area contributed by atoms with Gasteiger partial charge in [0, 0.05) is 10.4 Å². The summed E-state index contributed by atoms with van der Waals surface area (Å²) in [7, 11) is 0. The lowest BCUT2D eigenvalue weighted by Crippen LogP contribution is -2.12. The fourth-order valence-corrected chi connectivity index (χ4v) is 2.63. The summed E-state index contributed by atoms with van der Waals surface area (Å²) in [6, 6.07) is 13.5. The van der Waals surface area contributed by atoms with Crippen molar-refractivity contribution in [1.29, 1.82) is 0 Å². The van der Waals surface area contributed by atoms with Crippen molar-refractivity contribution in [2.75, 3.05) is 0 Å². The zero-order valence-corrected chi connectivity index (χ0v) is 11.3. The Morgan fingerprint density at radius 1 is 1.05 bits per heavy atom. The van der Waals surface area contributed by atoms with Crippen molar-refractivity contribution in [1.82, 2.24) is 0 Å². The molecule has 3 heteroatoms. The molecule has 0 aliphatic carbocycles. The van der Waals surface area contributed by atoms with Crippen molar-refractivity contribution < 1.29 is 4.42 Å². The van der Waals surface area contributed by atoms with Crippen LogP contribution in [0.15, 0.2) is 53.1 Å². The molecule has 0 spiro atoms. The molecule has 2 aromatic carbocycles. The smallest absolute Gasteiger partial charge is 0.127 e. The van der Waals surface area contributed by atoms with Gasteiger partial charge in [-0.2, -0.15) is 0 Å². The van der Waals surface area contributed by atoms with Gasteiger partial charge >= 0.3 is 0 Å². The Morgan fingerprint density at radius 3 is 2.47 bits per heavy atom. The van der Waals surface area contributed by atoms with E-state index in [4.69, 9.17) is 21.8 Å². The standard InChI is InChI=1S/C16H14ClNO/c1-10-8-9-19-16(10)15(18)13-6-7-14(17)12-5-3-2-4-11(12)13/h2-9,15H,18H2,1H3. The number of halogens is 1. The summed E-state index contributed by atoms with van der Waals surface area (Å²) in [5, 5.41) is 2.82. The first-order chi connectivity index (χ1) is 9.18. The molecule has 3 aromatic rings. The Bertz CT molecular complexity index is 732. The highest BCUT2D eigenvalue weighted by Crippen LogP contribution is 2.32. The fraction of sp³-hybridized carbons (Fsp3) is 0.125. The van der Waals surface area contributed by atoms with Crippen LogP contribution in [0.2, 0.25) is 5.02 Å². The second-order valence-electron chi connectivity index (χ2n) is 4.63. The Morgan fingerprint density at radius 2 is 1.79 bits per heavy atom. The largest absolute Gasteiger partial charge is 0.467 e. The van der Waals surface area contributed by atoms with E-state index in [0.29, 0.717) is 0 Å². The summed E-state index contributed by atoms with van der Waals surface area (Å²) >= 11 is 6.23. The molecule has 2 N–H and O–H groups in total. The average Bonchev–Trinajstić information content (AvgIpc) is 2.85. The van der Waals surface area contributed by atoms with E-state index in [9.17, 15) is 0 Å². The Balaban J connectivity index is 2.21. The molecule has 1 unspecified atom stereocenters. The van der Waals surface area contributed by atoms with E-state index < -0.39 is 0 Å². The van der Waals surface area contributed by atoms with Crippen LogP contribution in [0.4, 0.5) is 0 Å². The maximum absolute atomic E-state index is 6.34. The number of rotatable bonds is 2. The van der Waals surface area contributed by atoms with Crippen LogP contribution in [0, 0.1) is 6.92 Å². The van der Waals surface area contributed by atoms with Gasteiger partial charge in [0.15, 0.2) is 0 Å². The summed E-state index contributed by atoms with van der Waals surface area (Å²) in [5.74, 6) is 0.799. The van der Waals surface area contributed by atoms with Crippen molar-refractivity contribution >= 4 is 22.4 Å². The first-order valence-electron chi connectivity index (χ1n) is 6.15. The van der Waals surface area contributed by atoms with Gasteiger partial charge in [-0.3, -0.25) is 0 Å². The van der Waals surface area contributed by atoms with Gasteiger partial charge < -0.3 is 10.2 Å². The van der Waals surface area contributed by atoms with E-state index >= 15 is 0 Å². The zero-order chi connectivity index (χ0) is 13.4. The Kier molecular flexibility index (Phi) is 3.05. The molecular weight excluding hydrogens is 258 g/mol. The van der Waals surface area contributed by atoms with Crippen molar-refractivity contribution in [2.24, 2.45) is 5.73 Å². The molecule has 1 atom stereocenters. The van der Waals surface area contributed by atoms with Gasteiger partial charge in [-0.15, -0.1) is 0 Å². The monoisotopic (exact) mass is 271 g/mol. The van der Waals surface area contributed by atoms with Crippen molar-refractivity contribution in [2.45, 2.75) is 13.0 Å². The number of hydrogen-bond acceptors (Lipinski definition) is 2. The van der Waals surface area contributed by atoms with Crippen LogP contribution in [0.25, 0.3) is 10.8 Å². The van der Waals surface area contributed by atoms with Gasteiger partial charge in [0.2, 0.25) is 0 Å². The molecule has 0 aliphatic rings. The zero-order valence-electron chi connectivity index (χ0n) is 10.6. The molecule has 0 saturated carbocycles. The van der Waals surface area contributed by atoms with Crippen LogP contribution in [0.3, 0.4) is 0 Å². The average molecular weight is 272 g/mol. The molecule has 1 heterocycles. The highest BCUT2D eigenvalue weighted by molar-refractivity contribution is 6.35. The first-order valence-corrected chi connectivity index (χ1v) is 6.53. The number of fused-ring (bicyclic) bond motifs is 1. The molecule has 3 rings (SSSR count). The van der Waals surface area contributed by atoms with E-state index in [0.717, 1.165) is 32.7 Å². The molecule has 0 bridgehead atoms. The normalized spacial score (nSPS) is 12.8. The summed E-state index contributed by atoms with van der Waals surface area (Å²) in [6.45, 7) is 2.00. The van der Waals surface area contributed by atoms with E-state index in [1.165, 1.54) is 0 Å². The van der Waals surface area contributed by atoms with Gasteiger partial charge in [-0.05, 0) is 35.6 Å². The van der Waals surface area contributed by atoms with E-state index in [2.05, 4.69) is 0 Å². The highest BCUT2D eigenvalue weighted by Gasteiger charge is 2.17. The minimum atomic E-state index is -0.280. The van der Waals surface area contributed by atoms with Crippen molar-refractivity contribution in [3.63, 3.8) is 0 Å². The van der Waals surface area contributed by atoms with E-state index in [1.807, 2.05) is 49.4 Å². The molecule has 2 nitrogen and oxygen atoms in total. The SMILES string of the molecule is Cc1ccoc1C(N)c1ccc(Cl)c2ccccc12. The van der Waals surface area contributed by atoms with Crippen LogP contribution in [0.5, 0.6) is 0 Å². The highest BCUT2D eigenvalue weighted by atomic mass is 35.5. The number of benzene rings is 2. The maximum Gasteiger partial charge on any atom is 0.127 e. The second-order valence-corrected chi connectivity index (χ2v) is 5.03. The van der Waals surface area contributed by atoms with Crippen LogP contribution >= 0.6 is 11.6 Å². The summed E-state index contributed by atoms with van der Waals surface area (Å²) < 4.78 is 5.50. The molecule has 0 amide bonds. The summed E-state index contributed by atoms with van der Waals surface area (Å²) in [6.07, 6.45) is 1.67. The minimum absolute atomic E-state index is 0.280. The second kappa shape index (κ2) is 4.72. The van der Waals surface area contributed by atoms with Crippen LogP contribution in [-0.2, 0) is 0 Å². The molecular formula is C16H14ClNO. The van der Waals surface area contributed by atoms with E-state index in [1.54, 1.807) is 6.26 Å². The van der Waals surface area contributed by atoms with Gasteiger partial charge in [-0.25, -0.2) is 0 Å². The van der Waals surface area contributed by atoms with Gasteiger partial charge in [0.05, 0.1) is 12.3 Å². The minimum Gasteiger partial charge on any atom is -0.467 e. The van der Waals surface area contributed by atoms with Crippen LogP contribution < -0.4 is 5.73 Å². The lowest BCUT2D eigenvalue weighted by molar-refractivity contribution is 0.488. The third-order valence-corrected chi connectivity index (χ3v) is 3.75. The molecule has 0 saturated heterocycles. The van der Waals surface area contributed by atoms with Crippen molar-refractivity contribution in [3.8, 4) is 0 Å². The molecule has 0 aliphatic heterocycles. The Hall–Kier alpha value is -1.77. The number of nitrogens with two attached hydrogens (primary N) is 1. The third-order valence-electron chi connectivity index (χ3n) is 3.42. The number of hydrogen-bond donors (Lipinski definition) is 1. The molecule has 19 heavy (non-hydrogen) atoms. The van der Waals surface area contributed by atoms with E-state index in [-0.39, 0.29) is 6.04 Å². The van der Waals surface area contributed by atoms with Gasteiger partial charge in [0.25, 0.3) is 0 Å². The molecule has 0 radical (unpaired) electrons. The molecule has 0 fully saturated rings. The molecule has 96 valence electrons. The van der Waals surface area contributed by atoms with Crippen LogP contribution in [0.1, 0.15) is 22.9 Å². The lowest BCUT2D eigenvalue weighted by atomic mass is 9.96. The quantitative estimate of drug-likeness (QED) is 0.748.